The maximum atomic E-state index is 11.5. The normalized spacial score (nSPS) is 12.1. The summed E-state index contributed by atoms with van der Waals surface area (Å²) in [6, 6.07) is 26.9. The second-order valence-electron chi connectivity index (χ2n) is 9.39. The number of aliphatic imine (C=N–C) groups is 4. The summed E-state index contributed by atoms with van der Waals surface area (Å²) in [5.74, 6) is -0.176. The quantitative estimate of drug-likeness (QED) is 0.184. The molecule has 0 aliphatic heterocycles. The third-order valence-electron chi connectivity index (χ3n) is 5.81. The van der Waals surface area contributed by atoms with Gasteiger partial charge in [0.25, 0.3) is 0 Å². The first-order chi connectivity index (χ1) is 20.3. The Morgan fingerprint density at radius 1 is 0.467 bits per heavy atom. The van der Waals surface area contributed by atoms with Crippen molar-refractivity contribution in [2.75, 3.05) is 13.1 Å². The van der Waals surface area contributed by atoms with E-state index in [0.29, 0.717) is 35.3 Å². The zero-order valence-corrected chi connectivity index (χ0v) is 26.9. The van der Waals surface area contributed by atoms with Crippen LogP contribution in [-0.4, -0.2) is 50.0 Å². The summed E-state index contributed by atoms with van der Waals surface area (Å²) in [5.41, 5.74) is 2.27. The summed E-state index contributed by atoms with van der Waals surface area (Å²) < 4.78 is 0. The fraction of sp³-hybridized carbons (Fsp3) is 0.176. The van der Waals surface area contributed by atoms with Crippen LogP contribution in [-0.2, 0) is 39.6 Å². The third kappa shape index (κ3) is 14.9. The SMILES string of the molecule is C[C@@H](CN=Cc1ccccc1[O-])N=Cc1ccccc1[O-].C[C@@H](CN=Cc1ccccc1[O-])N=Cc1ccccc1[O-].[Fe+3].[Fe+3].[O-2]. The number of nitrogens with zero attached hydrogens (tertiary/aromatic N) is 4. The molecule has 9 nitrogen and oxygen atoms in total. The van der Waals surface area contributed by atoms with Crippen LogP contribution in [0.3, 0.4) is 0 Å². The van der Waals surface area contributed by atoms with Gasteiger partial charge in [-0.05, 0) is 36.1 Å². The van der Waals surface area contributed by atoms with E-state index in [1.165, 1.54) is 24.3 Å². The monoisotopic (exact) mass is 688 g/mol. The minimum Gasteiger partial charge on any atom is -2.00 e. The van der Waals surface area contributed by atoms with E-state index in [9.17, 15) is 20.4 Å². The van der Waals surface area contributed by atoms with Crippen molar-refractivity contribution in [3.8, 4) is 23.0 Å². The van der Waals surface area contributed by atoms with Crippen LogP contribution in [0.4, 0.5) is 0 Å². The molecule has 0 unspecified atom stereocenters. The average Bonchev–Trinajstić information content (AvgIpc) is 2.99. The van der Waals surface area contributed by atoms with Crippen molar-refractivity contribution in [2.24, 2.45) is 20.0 Å². The van der Waals surface area contributed by atoms with Gasteiger partial charge in [-0.25, -0.2) is 0 Å². The first kappa shape index (κ1) is 40.8. The number of hydrogen-bond donors (Lipinski definition) is 0. The topological polar surface area (TPSA) is 170 Å². The average molecular weight is 688 g/mol. The Morgan fingerprint density at radius 2 is 0.711 bits per heavy atom. The standard InChI is InChI=1S/2C17H18N2O2.2Fe.O/c2*1-13(19-12-15-7-3-5-9-17(15)21)10-18-11-14-6-2-4-8-16(14)20;;;/h2*2-9,11-13,20-21H,10H2,1H3;;;/q;;2*+3;-2/p-4/t2*13-;;;/m00.../s1. The summed E-state index contributed by atoms with van der Waals surface area (Å²) in [6.07, 6.45) is 6.28. The Labute approximate surface area is 285 Å². The number of rotatable bonds is 10. The molecule has 0 spiro atoms. The molecule has 0 saturated carbocycles. The van der Waals surface area contributed by atoms with Gasteiger partial charge in [0, 0.05) is 24.9 Å². The van der Waals surface area contributed by atoms with E-state index in [0.717, 1.165) is 0 Å². The first-order valence-electron chi connectivity index (χ1n) is 13.4. The fourth-order valence-corrected chi connectivity index (χ4v) is 3.47. The molecule has 2 radical (unpaired) electrons. The molecule has 0 aromatic heterocycles. The van der Waals surface area contributed by atoms with Crippen LogP contribution in [0.1, 0.15) is 36.1 Å². The first-order valence-corrected chi connectivity index (χ1v) is 13.4. The van der Waals surface area contributed by atoms with Crippen molar-refractivity contribution in [1.29, 1.82) is 0 Å². The van der Waals surface area contributed by atoms with Crippen LogP contribution in [0.25, 0.3) is 0 Å². The van der Waals surface area contributed by atoms with Gasteiger partial charge in [0.05, 0.1) is 25.2 Å². The molecule has 0 N–H and O–H groups in total. The smallest absolute Gasteiger partial charge is 2.00 e. The van der Waals surface area contributed by atoms with Gasteiger partial charge in [0.15, 0.2) is 0 Å². The van der Waals surface area contributed by atoms with Crippen molar-refractivity contribution in [3.63, 3.8) is 0 Å². The summed E-state index contributed by atoms with van der Waals surface area (Å²) in [7, 11) is 0. The van der Waals surface area contributed by atoms with Gasteiger partial charge < -0.3 is 25.9 Å². The van der Waals surface area contributed by atoms with Crippen molar-refractivity contribution in [3.05, 3.63) is 119 Å². The Balaban J connectivity index is 0.000000807. The molecule has 0 saturated heterocycles. The van der Waals surface area contributed by atoms with Gasteiger partial charge in [-0.1, -0.05) is 97.1 Å². The molecular formula is C34H32Fe2N4O5. The van der Waals surface area contributed by atoms with Crippen LogP contribution in [0.2, 0.25) is 0 Å². The predicted molar refractivity (Wildman–Crippen MR) is 163 cm³/mol. The summed E-state index contributed by atoms with van der Waals surface area (Å²) in [6.45, 7) is 4.74. The van der Waals surface area contributed by atoms with Crippen LogP contribution < -0.4 is 20.4 Å². The molecule has 0 aliphatic carbocycles. The second kappa shape index (κ2) is 22.3. The van der Waals surface area contributed by atoms with Gasteiger partial charge in [0.1, 0.15) is 0 Å². The summed E-state index contributed by atoms with van der Waals surface area (Å²) >= 11 is 0. The largest absolute Gasteiger partial charge is 3.00 e. The molecule has 4 rings (SSSR count). The molecule has 0 heterocycles. The third-order valence-corrected chi connectivity index (χ3v) is 5.81. The molecule has 4 aromatic rings. The van der Waals surface area contributed by atoms with E-state index in [1.54, 1.807) is 97.7 Å². The van der Waals surface area contributed by atoms with E-state index < -0.39 is 0 Å². The summed E-state index contributed by atoms with van der Waals surface area (Å²) in [4.78, 5) is 17.0. The molecule has 0 amide bonds. The van der Waals surface area contributed by atoms with E-state index in [1.807, 2.05) is 13.8 Å². The Hall–Kier alpha value is -4.24. The van der Waals surface area contributed by atoms with Crippen molar-refractivity contribution >= 4 is 24.9 Å². The molecule has 0 bridgehead atoms. The van der Waals surface area contributed by atoms with Gasteiger partial charge in [-0.3, -0.25) is 20.0 Å². The minimum atomic E-state index is -0.0559. The zero-order chi connectivity index (χ0) is 30.2. The Bertz CT molecular complexity index is 1430. The minimum absolute atomic E-state index is 0. The number of hydrogen-bond acceptors (Lipinski definition) is 8. The van der Waals surface area contributed by atoms with E-state index >= 15 is 0 Å². The van der Waals surface area contributed by atoms with Crippen LogP contribution in [0.15, 0.2) is 117 Å². The summed E-state index contributed by atoms with van der Waals surface area (Å²) in [5, 5.41) is 46.0. The molecule has 0 aliphatic rings. The second-order valence-corrected chi connectivity index (χ2v) is 9.39. The Kier molecular flexibility index (Phi) is 20.2. The van der Waals surface area contributed by atoms with Gasteiger partial charge in [0.2, 0.25) is 0 Å². The van der Waals surface area contributed by atoms with Gasteiger partial charge in [-0.15, -0.1) is 23.0 Å². The molecule has 234 valence electrons. The van der Waals surface area contributed by atoms with E-state index in [-0.39, 0.29) is 74.7 Å². The number of para-hydroxylation sites is 4. The van der Waals surface area contributed by atoms with Crippen LogP contribution in [0.5, 0.6) is 23.0 Å². The van der Waals surface area contributed by atoms with Crippen LogP contribution in [0, 0.1) is 0 Å². The van der Waals surface area contributed by atoms with Gasteiger partial charge in [-0.2, -0.15) is 0 Å². The Morgan fingerprint density at radius 3 is 0.978 bits per heavy atom. The van der Waals surface area contributed by atoms with E-state index in [4.69, 9.17) is 0 Å². The van der Waals surface area contributed by atoms with Crippen molar-refractivity contribution in [1.82, 2.24) is 0 Å². The molecule has 0 fully saturated rings. The van der Waals surface area contributed by atoms with E-state index in [2.05, 4.69) is 20.0 Å². The zero-order valence-electron chi connectivity index (χ0n) is 24.7. The fourth-order valence-electron chi connectivity index (χ4n) is 3.47. The molecule has 11 heteroatoms. The maximum absolute atomic E-state index is 11.5. The van der Waals surface area contributed by atoms with Crippen molar-refractivity contribution < 1.29 is 60.0 Å². The van der Waals surface area contributed by atoms with Crippen LogP contribution >= 0.6 is 0 Å². The number of benzene rings is 4. The van der Waals surface area contributed by atoms with Gasteiger partial charge >= 0.3 is 34.1 Å². The van der Waals surface area contributed by atoms with Crippen molar-refractivity contribution in [2.45, 2.75) is 25.9 Å². The molecular weight excluding hydrogens is 656 g/mol. The molecule has 4 aromatic carbocycles. The maximum Gasteiger partial charge on any atom is 3.00 e. The predicted octanol–water partition coefficient (Wildman–Crippen LogP) is 3.40. The molecule has 45 heavy (non-hydrogen) atoms. The molecule has 2 atom stereocenters.